The molecule has 0 spiro atoms. The van der Waals surface area contributed by atoms with Crippen molar-refractivity contribution in [3.05, 3.63) is 35.3 Å². The maximum absolute atomic E-state index is 12.3. The topological polar surface area (TPSA) is 101 Å². The fraction of sp³-hybridized carbons (Fsp3) is 0.316. The number of anilines is 2. The molecule has 3 rings (SSSR count). The number of thiazole rings is 1. The third-order valence-electron chi connectivity index (χ3n) is 4.17. The summed E-state index contributed by atoms with van der Waals surface area (Å²) in [6.45, 7) is 1.37. The summed E-state index contributed by atoms with van der Waals surface area (Å²) in [4.78, 5) is 41.7. The molecule has 0 aliphatic carbocycles. The molecule has 0 fully saturated rings. The summed E-state index contributed by atoms with van der Waals surface area (Å²) in [7, 11) is 3.03. The zero-order valence-electron chi connectivity index (χ0n) is 16.2. The van der Waals surface area contributed by atoms with Crippen molar-refractivity contribution in [2.75, 3.05) is 19.1 Å². The number of aromatic nitrogens is 1. The highest BCUT2D eigenvalue weighted by Crippen LogP contribution is 2.35. The standard InChI is InChI=1S/C19H20N4O5S/c1-12(24)23(15-6-4-5-7-16(15)27-3)19-20-13(11-29-19)10-28-18(26)14-8-9-17(25)22(2)21-14/h4-7,11H,8-10H2,1-3H3. The van der Waals surface area contributed by atoms with Crippen molar-refractivity contribution in [3.63, 3.8) is 0 Å². The van der Waals surface area contributed by atoms with Crippen LogP contribution in [0, 0.1) is 0 Å². The Morgan fingerprint density at radius 2 is 2.03 bits per heavy atom. The predicted molar refractivity (Wildman–Crippen MR) is 107 cm³/mol. The van der Waals surface area contributed by atoms with Crippen LogP contribution in [0.3, 0.4) is 0 Å². The van der Waals surface area contributed by atoms with Crippen LogP contribution in [0.1, 0.15) is 25.5 Å². The molecule has 0 saturated heterocycles. The number of para-hydroxylation sites is 2. The Morgan fingerprint density at radius 1 is 1.28 bits per heavy atom. The quantitative estimate of drug-likeness (QED) is 0.671. The zero-order valence-corrected chi connectivity index (χ0v) is 17.1. The van der Waals surface area contributed by atoms with E-state index in [0.717, 1.165) is 5.01 Å². The Balaban J connectivity index is 1.72. The van der Waals surface area contributed by atoms with Gasteiger partial charge in [-0.1, -0.05) is 12.1 Å². The van der Waals surface area contributed by atoms with Crippen molar-refractivity contribution >= 4 is 45.7 Å². The van der Waals surface area contributed by atoms with Crippen LogP contribution in [0.2, 0.25) is 0 Å². The summed E-state index contributed by atoms with van der Waals surface area (Å²) >= 11 is 1.25. The summed E-state index contributed by atoms with van der Waals surface area (Å²) in [6, 6.07) is 7.14. The van der Waals surface area contributed by atoms with E-state index in [-0.39, 0.29) is 37.0 Å². The number of esters is 1. The predicted octanol–water partition coefficient (Wildman–Crippen LogP) is 2.49. The lowest BCUT2D eigenvalue weighted by Gasteiger charge is -2.20. The van der Waals surface area contributed by atoms with Gasteiger partial charge in [0, 0.05) is 32.2 Å². The molecule has 0 saturated carbocycles. The van der Waals surface area contributed by atoms with E-state index < -0.39 is 5.97 Å². The van der Waals surface area contributed by atoms with Crippen LogP contribution >= 0.6 is 11.3 Å². The van der Waals surface area contributed by atoms with Crippen LogP contribution in [-0.2, 0) is 25.7 Å². The molecule has 2 heterocycles. The molecule has 10 heteroatoms. The average Bonchev–Trinajstić information content (AvgIpc) is 3.17. The molecule has 2 aromatic rings. The van der Waals surface area contributed by atoms with Gasteiger partial charge in [-0.25, -0.2) is 14.8 Å². The first-order valence-electron chi connectivity index (χ1n) is 8.80. The molecule has 0 unspecified atom stereocenters. The zero-order chi connectivity index (χ0) is 21.0. The first-order valence-corrected chi connectivity index (χ1v) is 9.68. The van der Waals surface area contributed by atoms with Gasteiger partial charge in [0.2, 0.25) is 11.8 Å². The minimum atomic E-state index is -0.591. The van der Waals surface area contributed by atoms with E-state index in [9.17, 15) is 14.4 Å². The molecule has 1 aromatic carbocycles. The van der Waals surface area contributed by atoms with E-state index >= 15 is 0 Å². The first kappa shape index (κ1) is 20.5. The van der Waals surface area contributed by atoms with Crippen LogP contribution < -0.4 is 9.64 Å². The smallest absolute Gasteiger partial charge is 0.354 e. The van der Waals surface area contributed by atoms with Crippen molar-refractivity contribution in [1.29, 1.82) is 0 Å². The van der Waals surface area contributed by atoms with Gasteiger partial charge in [0.15, 0.2) is 5.13 Å². The number of hydrazone groups is 1. The van der Waals surface area contributed by atoms with Gasteiger partial charge < -0.3 is 9.47 Å². The van der Waals surface area contributed by atoms with Crippen LogP contribution in [0.4, 0.5) is 10.8 Å². The lowest BCUT2D eigenvalue weighted by molar-refractivity contribution is -0.137. The molecule has 1 aromatic heterocycles. The summed E-state index contributed by atoms with van der Waals surface area (Å²) in [5, 5.41) is 7.22. The Morgan fingerprint density at radius 3 is 2.72 bits per heavy atom. The van der Waals surface area contributed by atoms with Crippen LogP contribution in [0.15, 0.2) is 34.7 Å². The van der Waals surface area contributed by atoms with Gasteiger partial charge in [-0.2, -0.15) is 5.10 Å². The molecule has 2 amide bonds. The Labute approximate surface area is 171 Å². The molecule has 0 radical (unpaired) electrons. The molecule has 1 aliphatic rings. The molecule has 0 N–H and O–H groups in total. The summed E-state index contributed by atoms with van der Waals surface area (Å²) in [5.41, 5.74) is 1.27. The van der Waals surface area contributed by atoms with Gasteiger partial charge in [0.05, 0.1) is 18.5 Å². The third-order valence-corrected chi connectivity index (χ3v) is 5.04. The normalized spacial score (nSPS) is 13.7. The minimum absolute atomic E-state index is 0.0658. The number of benzene rings is 1. The number of rotatable bonds is 6. The largest absolute Gasteiger partial charge is 0.495 e. The number of hydrogen-bond donors (Lipinski definition) is 0. The molecule has 1 aliphatic heterocycles. The number of carbonyl (C=O) groups excluding carboxylic acids is 3. The fourth-order valence-electron chi connectivity index (χ4n) is 2.73. The molecular formula is C19H20N4O5S. The van der Waals surface area contributed by atoms with E-state index in [4.69, 9.17) is 9.47 Å². The SMILES string of the molecule is COc1ccccc1N(C(C)=O)c1nc(COC(=O)C2=NN(C)C(=O)CC2)cs1. The second kappa shape index (κ2) is 8.82. The second-order valence-electron chi connectivity index (χ2n) is 6.19. The maximum atomic E-state index is 12.3. The van der Waals surface area contributed by atoms with Crippen LogP contribution in [0.5, 0.6) is 5.75 Å². The number of ether oxygens (including phenoxy) is 2. The fourth-order valence-corrected chi connectivity index (χ4v) is 3.59. The van der Waals surface area contributed by atoms with E-state index in [1.165, 1.54) is 37.3 Å². The molecule has 29 heavy (non-hydrogen) atoms. The molecule has 0 atom stereocenters. The van der Waals surface area contributed by atoms with Gasteiger partial charge in [0.1, 0.15) is 18.1 Å². The van der Waals surface area contributed by atoms with Crippen molar-refractivity contribution < 1.29 is 23.9 Å². The number of methoxy groups -OCH3 is 1. The summed E-state index contributed by atoms with van der Waals surface area (Å²) in [6.07, 6.45) is 0.466. The van der Waals surface area contributed by atoms with Crippen LogP contribution in [-0.4, -0.2) is 47.6 Å². The first-order chi connectivity index (χ1) is 13.9. The van der Waals surface area contributed by atoms with Gasteiger partial charge in [-0.15, -0.1) is 11.3 Å². The Bertz CT molecular complexity index is 971. The molecular weight excluding hydrogens is 396 g/mol. The Kier molecular flexibility index (Phi) is 6.23. The molecule has 9 nitrogen and oxygen atoms in total. The van der Waals surface area contributed by atoms with Crippen molar-refractivity contribution in [2.45, 2.75) is 26.4 Å². The summed E-state index contributed by atoms with van der Waals surface area (Å²) < 4.78 is 10.6. The number of nitrogens with zero attached hydrogens (tertiary/aromatic N) is 4. The van der Waals surface area contributed by atoms with Crippen molar-refractivity contribution in [3.8, 4) is 5.75 Å². The highest BCUT2D eigenvalue weighted by atomic mass is 32.1. The van der Waals surface area contributed by atoms with Gasteiger partial charge >= 0.3 is 5.97 Å². The van der Waals surface area contributed by atoms with E-state index in [1.54, 1.807) is 23.6 Å². The average molecular weight is 416 g/mol. The number of carbonyl (C=O) groups is 3. The summed E-state index contributed by atoms with van der Waals surface area (Å²) in [5.74, 6) is -0.421. The van der Waals surface area contributed by atoms with E-state index in [0.29, 0.717) is 22.3 Å². The lowest BCUT2D eigenvalue weighted by atomic mass is 10.2. The number of amides is 2. The van der Waals surface area contributed by atoms with Crippen molar-refractivity contribution in [1.82, 2.24) is 9.99 Å². The van der Waals surface area contributed by atoms with Crippen molar-refractivity contribution in [2.24, 2.45) is 5.10 Å². The lowest BCUT2D eigenvalue weighted by Crippen LogP contribution is -2.32. The maximum Gasteiger partial charge on any atom is 0.354 e. The van der Waals surface area contributed by atoms with Gasteiger partial charge in [0.25, 0.3) is 0 Å². The third kappa shape index (κ3) is 4.60. The van der Waals surface area contributed by atoms with Gasteiger partial charge in [-0.05, 0) is 12.1 Å². The van der Waals surface area contributed by atoms with E-state index in [1.807, 2.05) is 6.07 Å². The highest BCUT2D eigenvalue weighted by Gasteiger charge is 2.24. The van der Waals surface area contributed by atoms with E-state index in [2.05, 4.69) is 10.1 Å². The van der Waals surface area contributed by atoms with Gasteiger partial charge in [-0.3, -0.25) is 14.5 Å². The Hall–Kier alpha value is -3.27. The minimum Gasteiger partial charge on any atom is -0.495 e. The second-order valence-corrected chi connectivity index (χ2v) is 7.02. The molecule has 0 bridgehead atoms. The van der Waals surface area contributed by atoms with Crippen LogP contribution in [0.25, 0.3) is 0 Å². The highest BCUT2D eigenvalue weighted by molar-refractivity contribution is 7.14. The molecule has 152 valence electrons. The monoisotopic (exact) mass is 416 g/mol. The number of hydrogen-bond acceptors (Lipinski definition) is 8.